The molecule has 0 spiro atoms. The smallest absolute Gasteiger partial charge is 0.340 e. The van der Waals surface area contributed by atoms with Crippen molar-refractivity contribution in [2.75, 3.05) is 12.9 Å². The molecule has 0 unspecified atom stereocenters. The molecular formula is C18H17ClO5S. The maximum Gasteiger partial charge on any atom is 0.340 e. The lowest BCUT2D eigenvalue weighted by Gasteiger charge is -2.09. The maximum absolute atomic E-state index is 12.3. The zero-order valence-corrected chi connectivity index (χ0v) is 15.6. The molecule has 0 aromatic heterocycles. The predicted octanol–water partition coefficient (Wildman–Crippen LogP) is 3.40. The summed E-state index contributed by atoms with van der Waals surface area (Å²) in [7, 11) is -3.49. The molecule has 0 saturated heterocycles. The molecule has 0 fully saturated rings. The summed E-state index contributed by atoms with van der Waals surface area (Å²) in [6.45, 7) is 3.20. The molecule has 132 valence electrons. The number of hydrogen-bond donors (Lipinski definition) is 0. The summed E-state index contributed by atoms with van der Waals surface area (Å²) >= 11 is 5.94. The highest BCUT2D eigenvalue weighted by atomic mass is 35.5. The molecule has 0 heterocycles. The molecule has 0 N–H and O–H groups in total. The number of halogens is 1. The van der Waals surface area contributed by atoms with Crippen LogP contribution in [0.15, 0.2) is 41.3 Å². The van der Waals surface area contributed by atoms with Gasteiger partial charge in [-0.3, -0.25) is 4.79 Å². The van der Waals surface area contributed by atoms with Crippen molar-refractivity contribution in [2.24, 2.45) is 0 Å². The average molecular weight is 381 g/mol. The number of hydrogen-bond acceptors (Lipinski definition) is 5. The summed E-state index contributed by atoms with van der Waals surface area (Å²) < 4.78 is 28.2. The number of Topliss-reactive ketones (excluding diaryl/α,β-unsaturated/α-hetero) is 1. The van der Waals surface area contributed by atoms with Crippen molar-refractivity contribution < 1.29 is 22.7 Å². The Balaban J connectivity index is 2.18. The number of aryl methyl sites for hydroxylation is 2. The Kier molecular flexibility index (Phi) is 5.65. The van der Waals surface area contributed by atoms with Crippen LogP contribution in [0.5, 0.6) is 0 Å². The Morgan fingerprint density at radius 2 is 1.72 bits per heavy atom. The normalized spacial score (nSPS) is 11.2. The van der Waals surface area contributed by atoms with Crippen molar-refractivity contribution in [3.8, 4) is 0 Å². The molecule has 0 saturated carbocycles. The maximum atomic E-state index is 12.3. The number of ether oxygens (including phenoxy) is 1. The van der Waals surface area contributed by atoms with Crippen molar-refractivity contribution in [3.05, 3.63) is 63.7 Å². The second-order valence-electron chi connectivity index (χ2n) is 5.73. The fraction of sp³-hybridized carbons (Fsp3) is 0.222. The number of rotatable bonds is 5. The van der Waals surface area contributed by atoms with Crippen molar-refractivity contribution in [1.29, 1.82) is 0 Å². The van der Waals surface area contributed by atoms with Gasteiger partial charge in [0, 0.05) is 11.8 Å². The lowest BCUT2D eigenvalue weighted by molar-refractivity contribution is 0.0474. The van der Waals surface area contributed by atoms with Crippen LogP contribution in [0.2, 0.25) is 5.02 Å². The molecule has 0 bridgehead atoms. The number of esters is 1. The largest absolute Gasteiger partial charge is 0.454 e. The first kappa shape index (κ1) is 19.1. The molecule has 5 nitrogen and oxygen atoms in total. The lowest BCUT2D eigenvalue weighted by atomic mass is 10.0. The van der Waals surface area contributed by atoms with E-state index in [2.05, 4.69) is 0 Å². The van der Waals surface area contributed by atoms with Crippen LogP contribution in [0.1, 0.15) is 31.8 Å². The van der Waals surface area contributed by atoms with Crippen LogP contribution in [-0.2, 0) is 14.6 Å². The second kappa shape index (κ2) is 7.37. The fourth-order valence-electron chi connectivity index (χ4n) is 2.21. The summed E-state index contributed by atoms with van der Waals surface area (Å²) in [6.07, 6.45) is 1.02. The highest BCUT2D eigenvalue weighted by molar-refractivity contribution is 7.90. The molecule has 0 atom stereocenters. The molecule has 0 aliphatic heterocycles. The first-order chi connectivity index (χ1) is 11.6. The summed E-state index contributed by atoms with van der Waals surface area (Å²) in [5, 5.41) is 0.0524. The highest BCUT2D eigenvalue weighted by Crippen LogP contribution is 2.21. The quantitative estimate of drug-likeness (QED) is 0.586. The van der Waals surface area contributed by atoms with Crippen molar-refractivity contribution in [3.63, 3.8) is 0 Å². The minimum atomic E-state index is -3.49. The third-order valence-corrected chi connectivity index (χ3v) is 5.05. The number of carbonyl (C=O) groups excluding carboxylic acids is 2. The van der Waals surface area contributed by atoms with Crippen LogP contribution in [-0.4, -0.2) is 33.0 Å². The standard InChI is InChI=1S/C18H17ClO5S/c1-11-4-5-12(2)14(8-11)17(20)10-24-18(21)15-9-13(25(3,22)23)6-7-16(15)19/h4-9H,10H2,1-3H3. The Hall–Kier alpha value is -2.18. The Labute approximate surface area is 151 Å². The molecule has 7 heteroatoms. The summed E-state index contributed by atoms with van der Waals surface area (Å²) in [5.74, 6) is -1.20. The minimum absolute atomic E-state index is 0.0512. The van der Waals surface area contributed by atoms with Crippen molar-refractivity contribution >= 4 is 33.2 Å². The van der Waals surface area contributed by atoms with E-state index in [1.807, 2.05) is 19.1 Å². The Bertz CT molecular complexity index is 948. The van der Waals surface area contributed by atoms with E-state index in [0.29, 0.717) is 5.56 Å². The van der Waals surface area contributed by atoms with E-state index in [0.717, 1.165) is 23.4 Å². The first-order valence-electron chi connectivity index (χ1n) is 7.37. The molecule has 2 aromatic carbocycles. The van der Waals surface area contributed by atoms with E-state index in [9.17, 15) is 18.0 Å². The molecule has 0 radical (unpaired) electrons. The third kappa shape index (κ3) is 4.67. The topological polar surface area (TPSA) is 77.5 Å². The zero-order valence-electron chi connectivity index (χ0n) is 14.0. The van der Waals surface area contributed by atoms with E-state index in [-0.39, 0.29) is 21.3 Å². The number of benzene rings is 2. The predicted molar refractivity (Wildman–Crippen MR) is 95.1 cm³/mol. The molecule has 0 aliphatic carbocycles. The van der Waals surface area contributed by atoms with Gasteiger partial charge in [0.2, 0.25) is 5.78 Å². The van der Waals surface area contributed by atoms with Gasteiger partial charge in [-0.2, -0.15) is 0 Å². The van der Waals surface area contributed by atoms with Gasteiger partial charge >= 0.3 is 5.97 Å². The van der Waals surface area contributed by atoms with Gasteiger partial charge in [-0.25, -0.2) is 13.2 Å². The van der Waals surface area contributed by atoms with Gasteiger partial charge in [-0.05, 0) is 43.7 Å². The second-order valence-corrected chi connectivity index (χ2v) is 8.15. The van der Waals surface area contributed by atoms with Gasteiger partial charge in [0.25, 0.3) is 0 Å². The van der Waals surface area contributed by atoms with Crippen molar-refractivity contribution in [2.45, 2.75) is 18.7 Å². The van der Waals surface area contributed by atoms with E-state index < -0.39 is 22.4 Å². The van der Waals surface area contributed by atoms with Crippen LogP contribution >= 0.6 is 11.6 Å². The average Bonchev–Trinajstić information content (AvgIpc) is 2.53. The molecule has 25 heavy (non-hydrogen) atoms. The minimum Gasteiger partial charge on any atom is -0.454 e. The number of ketones is 1. The van der Waals surface area contributed by atoms with Crippen LogP contribution in [0, 0.1) is 13.8 Å². The van der Waals surface area contributed by atoms with E-state index in [4.69, 9.17) is 16.3 Å². The summed E-state index contributed by atoms with van der Waals surface area (Å²) in [6, 6.07) is 9.17. The molecule has 2 rings (SSSR count). The Morgan fingerprint density at radius 3 is 2.36 bits per heavy atom. The number of carbonyl (C=O) groups is 2. The van der Waals surface area contributed by atoms with Gasteiger partial charge in [0.1, 0.15) is 0 Å². The van der Waals surface area contributed by atoms with Gasteiger partial charge in [0.05, 0.1) is 15.5 Å². The van der Waals surface area contributed by atoms with Crippen LogP contribution in [0.25, 0.3) is 0 Å². The molecule has 0 amide bonds. The highest BCUT2D eigenvalue weighted by Gasteiger charge is 2.18. The fourth-order valence-corrected chi connectivity index (χ4v) is 3.06. The molecule has 2 aromatic rings. The van der Waals surface area contributed by atoms with E-state index in [1.54, 1.807) is 13.0 Å². The van der Waals surface area contributed by atoms with Crippen LogP contribution in [0.3, 0.4) is 0 Å². The van der Waals surface area contributed by atoms with Crippen LogP contribution < -0.4 is 0 Å². The van der Waals surface area contributed by atoms with Gasteiger partial charge < -0.3 is 4.74 Å². The van der Waals surface area contributed by atoms with Crippen molar-refractivity contribution in [1.82, 2.24) is 0 Å². The molecule has 0 aliphatic rings. The lowest BCUT2D eigenvalue weighted by Crippen LogP contribution is -2.16. The van der Waals surface area contributed by atoms with E-state index >= 15 is 0 Å². The Morgan fingerprint density at radius 1 is 1.04 bits per heavy atom. The van der Waals surface area contributed by atoms with Gasteiger partial charge in [0.15, 0.2) is 16.4 Å². The van der Waals surface area contributed by atoms with Gasteiger partial charge in [-0.15, -0.1) is 0 Å². The third-order valence-electron chi connectivity index (χ3n) is 3.61. The van der Waals surface area contributed by atoms with E-state index in [1.165, 1.54) is 12.1 Å². The summed E-state index contributed by atoms with van der Waals surface area (Å²) in [4.78, 5) is 24.4. The summed E-state index contributed by atoms with van der Waals surface area (Å²) in [5.41, 5.74) is 2.08. The van der Waals surface area contributed by atoms with Crippen LogP contribution in [0.4, 0.5) is 0 Å². The molecular weight excluding hydrogens is 364 g/mol. The zero-order chi connectivity index (χ0) is 18.8. The first-order valence-corrected chi connectivity index (χ1v) is 9.63. The monoisotopic (exact) mass is 380 g/mol. The van der Waals surface area contributed by atoms with Gasteiger partial charge in [-0.1, -0.05) is 29.3 Å². The number of sulfone groups is 1. The SMILES string of the molecule is Cc1ccc(C)c(C(=O)COC(=O)c2cc(S(C)(=O)=O)ccc2Cl)c1.